The summed E-state index contributed by atoms with van der Waals surface area (Å²) in [4.78, 5) is 0. The van der Waals surface area contributed by atoms with Gasteiger partial charge in [-0.25, -0.2) is 0 Å². The van der Waals surface area contributed by atoms with Crippen molar-refractivity contribution in [1.82, 2.24) is 0 Å². The SMILES string of the molecule is CCOC(O)[Si]. The van der Waals surface area contributed by atoms with Crippen LogP contribution in [0.4, 0.5) is 0 Å². The number of hydrogen-bond acceptors (Lipinski definition) is 2. The summed E-state index contributed by atoms with van der Waals surface area (Å²) in [6.45, 7) is 2.34. The third kappa shape index (κ3) is 4.14. The molecule has 1 unspecified atom stereocenters. The molecule has 0 aromatic heterocycles. The summed E-state index contributed by atoms with van der Waals surface area (Å²) >= 11 is 0. The first-order valence-electron chi connectivity index (χ1n) is 1.78. The highest BCUT2D eigenvalue weighted by Crippen LogP contribution is 1.73. The van der Waals surface area contributed by atoms with E-state index >= 15 is 0 Å². The average molecular weight is 103 g/mol. The number of hydrogen-bond donors (Lipinski definition) is 1. The molecule has 0 aliphatic heterocycles. The Balaban J connectivity index is 2.63. The van der Waals surface area contributed by atoms with E-state index in [0.29, 0.717) is 6.61 Å². The second-order valence-electron chi connectivity index (χ2n) is 0.808. The first kappa shape index (κ1) is 6.14. The molecule has 0 aliphatic rings. The zero-order valence-corrected chi connectivity index (χ0v) is 4.64. The predicted molar refractivity (Wildman–Crippen MR) is 23.4 cm³/mol. The standard InChI is InChI=1S/C3H7O2Si/c1-2-5-3(4)6/h3-4H,2H2,1H3. The number of aliphatic hydroxyl groups excluding tert-OH is 1. The quantitative estimate of drug-likeness (QED) is 0.376. The molecule has 0 rings (SSSR count). The predicted octanol–water partition coefficient (Wildman–Crippen LogP) is -0.533. The van der Waals surface area contributed by atoms with Crippen LogP contribution < -0.4 is 0 Å². The van der Waals surface area contributed by atoms with E-state index in [4.69, 9.17) is 5.11 Å². The van der Waals surface area contributed by atoms with Crippen LogP contribution in [-0.2, 0) is 4.74 Å². The Morgan fingerprint density at radius 1 is 2.00 bits per heavy atom. The fraction of sp³-hybridized carbons (Fsp3) is 1.00. The van der Waals surface area contributed by atoms with Gasteiger partial charge in [0.15, 0.2) is 0 Å². The lowest BCUT2D eigenvalue weighted by molar-refractivity contribution is -0.0330. The van der Waals surface area contributed by atoms with E-state index < -0.39 is 5.91 Å². The molecule has 0 saturated heterocycles. The third-order valence-corrected chi connectivity index (χ3v) is 0.491. The van der Waals surface area contributed by atoms with Crippen LogP contribution in [0.25, 0.3) is 0 Å². The summed E-state index contributed by atoms with van der Waals surface area (Å²) in [6.07, 6.45) is 0. The van der Waals surface area contributed by atoms with Crippen LogP contribution in [0.3, 0.4) is 0 Å². The summed E-state index contributed by atoms with van der Waals surface area (Å²) in [7, 11) is 2.81. The second kappa shape index (κ2) is 3.33. The summed E-state index contributed by atoms with van der Waals surface area (Å²) in [6, 6.07) is 0. The summed E-state index contributed by atoms with van der Waals surface area (Å²) in [5.41, 5.74) is 0. The van der Waals surface area contributed by atoms with Crippen LogP contribution in [0.5, 0.6) is 0 Å². The molecule has 0 aromatic carbocycles. The molecule has 2 nitrogen and oxygen atoms in total. The molecular weight excluding hydrogens is 96.1 g/mol. The highest BCUT2D eigenvalue weighted by Gasteiger charge is 1.86. The minimum atomic E-state index is -0.796. The van der Waals surface area contributed by atoms with Gasteiger partial charge in [-0.05, 0) is 6.92 Å². The molecule has 6 heavy (non-hydrogen) atoms. The fourth-order valence-electron chi connectivity index (χ4n) is 0.158. The summed E-state index contributed by atoms with van der Waals surface area (Å²) in [5.74, 6) is -0.796. The van der Waals surface area contributed by atoms with Crippen LogP contribution in [0.15, 0.2) is 0 Å². The minimum Gasteiger partial charge on any atom is -0.373 e. The number of rotatable bonds is 2. The van der Waals surface area contributed by atoms with Crippen LogP contribution in [0.2, 0.25) is 0 Å². The monoisotopic (exact) mass is 103 g/mol. The summed E-state index contributed by atoms with van der Waals surface area (Å²) < 4.78 is 4.51. The number of ether oxygens (including phenoxy) is 1. The van der Waals surface area contributed by atoms with Gasteiger partial charge < -0.3 is 9.84 Å². The maximum atomic E-state index is 8.24. The van der Waals surface area contributed by atoms with Gasteiger partial charge in [0, 0.05) is 6.61 Å². The largest absolute Gasteiger partial charge is 0.373 e. The van der Waals surface area contributed by atoms with Crippen molar-refractivity contribution in [3.63, 3.8) is 0 Å². The fourth-order valence-corrected chi connectivity index (χ4v) is 0.325. The maximum Gasteiger partial charge on any atom is 0.131 e. The normalized spacial score (nSPS) is 14.5. The Labute approximate surface area is 40.5 Å². The van der Waals surface area contributed by atoms with Gasteiger partial charge in [0.1, 0.15) is 16.2 Å². The molecule has 0 amide bonds. The van der Waals surface area contributed by atoms with Gasteiger partial charge in [0.25, 0.3) is 0 Å². The summed E-state index contributed by atoms with van der Waals surface area (Å²) in [5, 5.41) is 8.24. The van der Waals surface area contributed by atoms with Crippen molar-refractivity contribution >= 4 is 10.2 Å². The molecule has 35 valence electrons. The Morgan fingerprint density at radius 2 is 2.50 bits per heavy atom. The van der Waals surface area contributed by atoms with Crippen molar-refractivity contribution in [3.8, 4) is 0 Å². The first-order chi connectivity index (χ1) is 2.77. The van der Waals surface area contributed by atoms with Gasteiger partial charge in [0.2, 0.25) is 0 Å². The van der Waals surface area contributed by atoms with Crippen molar-refractivity contribution in [2.75, 3.05) is 6.61 Å². The van der Waals surface area contributed by atoms with Gasteiger partial charge in [-0.2, -0.15) is 0 Å². The lowest BCUT2D eigenvalue weighted by atomic mass is 10.9. The van der Waals surface area contributed by atoms with Crippen molar-refractivity contribution in [1.29, 1.82) is 0 Å². The molecule has 0 aromatic rings. The van der Waals surface area contributed by atoms with Crippen molar-refractivity contribution in [2.45, 2.75) is 12.8 Å². The topological polar surface area (TPSA) is 29.5 Å². The highest BCUT2D eigenvalue weighted by atomic mass is 28.1. The molecule has 3 radical (unpaired) electrons. The Morgan fingerprint density at radius 3 is 2.50 bits per heavy atom. The van der Waals surface area contributed by atoms with E-state index in [1.165, 1.54) is 0 Å². The highest BCUT2D eigenvalue weighted by molar-refractivity contribution is 6.09. The van der Waals surface area contributed by atoms with Crippen molar-refractivity contribution < 1.29 is 9.84 Å². The molecular formula is C3H7O2Si. The van der Waals surface area contributed by atoms with Crippen LogP contribution >= 0.6 is 0 Å². The lowest BCUT2D eigenvalue weighted by Crippen LogP contribution is -2.09. The lowest BCUT2D eigenvalue weighted by Gasteiger charge is -1.99. The van der Waals surface area contributed by atoms with Gasteiger partial charge in [-0.15, -0.1) is 0 Å². The first-order valence-corrected chi connectivity index (χ1v) is 2.36. The molecule has 0 fully saturated rings. The van der Waals surface area contributed by atoms with Crippen LogP contribution in [-0.4, -0.2) is 27.9 Å². The van der Waals surface area contributed by atoms with E-state index in [9.17, 15) is 0 Å². The zero-order chi connectivity index (χ0) is 4.99. The van der Waals surface area contributed by atoms with E-state index in [1.54, 1.807) is 0 Å². The van der Waals surface area contributed by atoms with Crippen molar-refractivity contribution in [3.05, 3.63) is 0 Å². The third-order valence-electron chi connectivity index (χ3n) is 0.325. The molecule has 3 heteroatoms. The van der Waals surface area contributed by atoms with Gasteiger partial charge in [-0.1, -0.05) is 0 Å². The van der Waals surface area contributed by atoms with E-state index in [1.807, 2.05) is 6.92 Å². The molecule has 0 saturated carbocycles. The molecule has 1 N–H and O–H groups in total. The van der Waals surface area contributed by atoms with Crippen LogP contribution in [0, 0.1) is 0 Å². The van der Waals surface area contributed by atoms with E-state index in [0.717, 1.165) is 0 Å². The van der Waals surface area contributed by atoms with E-state index in [-0.39, 0.29) is 0 Å². The van der Waals surface area contributed by atoms with Gasteiger partial charge >= 0.3 is 0 Å². The minimum absolute atomic E-state index is 0.532. The Bertz CT molecular complexity index is 30.0. The van der Waals surface area contributed by atoms with E-state index in [2.05, 4.69) is 15.0 Å². The van der Waals surface area contributed by atoms with Gasteiger partial charge in [0.05, 0.1) is 0 Å². The van der Waals surface area contributed by atoms with Crippen molar-refractivity contribution in [2.24, 2.45) is 0 Å². The molecule has 0 aliphatic carbocycles. The zero-order valence-electron chi connectivity index (χ0n) is 3.64. The molecule has 0 heterocycles. The molecule has 0 bridgehead atoms. The molecule has 0 spiro atoms. The molecule has 1 atom stereocenters. The second-order valence-corrected chi connectivity index (χ2v) is 1.30. The Kier molecular flexibility index (Phi) is 3.41. The maximum absolute atomic E-state index is 8.24. The number of aliphatic hydroxyl groups is 1. The Hall–Kier alpha value is 0.137. The average Bonchev–Trinajstić information content (AvgIpc) is 1.35. The van der Waals surface area contributed by atoms with Gasteiger partial charge in [-0.3, -0.25) is 0 Å². The smallest absolute Gasteiger partial charge is 0.131 e. The van der Waals surface area contributed by atoms with Crippen LogP contribution in [0.1, 0.15) is 6.92 Å².